The first kappa shape index (κ1) is 14.0. The number of benzene rings is 1. The molecule has 0 aliphatic heterocycles. The molecular weight excluding hydrogens is 280 g/mol. The number of aliphatic hydroxyl groups excluding tert-OH is 1. The van der Waals surface area contributed by atoms with Crippen molar-refractivity contribution < 1.29 is 5.11 Å². The van der Waals surface area contributed by atoms with Gasteiger partial charge in [0.25, 0.3) is 0 Å². The summed E-state index contributed by atoms with van der Waals surface area (Å²) < 4.78 is 0.806. The Morgan fingerprint density at radius 2 is 2.29 bits per heavy atom. The standard InChI is InChI=1S/C13H17BrN2O/c1-2-10(6-7-17)9-16-13-5-3-4-12(14)11(13)8-15/h3-5,10,16-17H,2,6-7,9H2,1H3. The van der Waals surface area contributed by atoms with Gasteiger partial charge in [-0.1, -0.05) is 19.4 Å². The highest BCUT2D eigenvalue weighted by Crippen LogP contribution is 2.24. The Labute approximate surface area is 111 Å². The first-order valence-electron chi connectivity index (χ1n) is 5.76. The summed E-state index contributed by atoms with van der Waals surface area (Å²) in [7, 11) is 0. The molecule has 1 aromatic carbocycles. The van der Waals surface area contributed by atoms with Gasteiger partial charge in [-0.25, -0.2) is 0 Å². The van der Waals surface area contributed by atoms with E-state index >= 15 is 0 Å². The Morgan fingerprint density at radius 1 is 1.53 bits per heavy atom. The number of anilines is 1. The lowest BCUT2D eigenvalue weighted by molar-refractivity contribution is 0.258. The van der Waals surface area contributed by atoms with Crippen molar-refractivity contribution >= 4 is 21.6 Å². The van der Waals surface area contributed by atoms with E-state index in [-0.39, 0.29) is 6.61 Å². The van der Waals surface area contributed by atoms with Crippen molar-refractivity contribution in [2.45, 2.75) is 19.8 Å². The average Bonchev–Trinajstić information content (AvgIpc) is 2.34. The number of hydrogen-bond acceptors (Lipinski definition) is 3. The second-order valence-corrected chi connectivity index (χ2v) is 4.80. The van der Waals surface area contributed by atoms with E-state index in [0.717, 1.165) is 29.5 Å². The molecular formula is C13H17BrN2O. The predicted octanol–water partition coefficient (Wildman–Crippen LogP) is 3.14. The molecule has 0 aromatic heterocycles. The van der Waals surface area contributed by atoms with E-state index in [1.807, 2.05) is 18.2 Å². The van der Waals surface area contributed by atoms with Crippen LogP contribution in [0.4, 0.5) is 5.69 Å². The monoisotopic (exact) mass is 296 g/mol. The van der Waals surface area contributed by atoms with E-state index in [1.165, 1.54) is 0 Å². The van der Waals surface area contributed by atoms with E-state index in [2.05, 4.69) is 34.2 Å². The van der Waals surface area contributed by atoms with Crippen LogP contribution in [-0.2, 0) is 0 Å². The second kappa shape index (κ2) is 7.31. The molecule has 0 saturated heterocycles. The van der Waals surface area contributed by atoms with Crippen LogP contribution in [0.15, 0.2) is 22.7 Å². The van der Waals surface area contributed by atoms with Crippen LogP contribution in [0.5, 0.6) is 0 Å². The summed E-state index contributed by atoms with van der Waals surface area (Å²) in [6.07, 6.45) is 1.81. The van der Waals surface area contributed by atoms with Crippen LogP contribution in [-0.4, -0.2) is 18.3 Å². The number of aliphatic hydroxyl groups is 1. The Morgan fingerprint density at radius 3 is 2.88 bits per heavy atom. The fourth-order valence-corrected chi connectivity index (χ4v) is 2.13. The summed E-state index contributed by atoms with van der Waals surface area (Å²) in [5.74, 6) is 0.436. The Balaban J connectivity index is 2.69. The highest BCUT2D eigenvalue weighted by Gasteiger charge is 2.09. The van der Waals surface area contributed by atoms with Gasteiger partial charge in [0.2, 0.25) is 0 Å². The zero-order valence-corrected chi connectivity index (χ0v) is 11.5. The van der Waals surface area contributed by atoms with Crippen LogP contribution in [0, 0.1) is 17.2 Å². The van der Waals surface area contributed by atoms with Crippen LogP contribution in [0.2, 0.25) is 0 Å². The van der Waals surface area contributed by atoms with Crippen LogP contribution >= 0.6 is 15.9 Å². The van der Waals surface area contributed by atoms with E-state index in [0.29, 0.717) is 11.5 Å². The molecule has 1 atom stereocenters. The van der Waals surface area contributed by atoms with Gasteiger partial charge in [0, 0.05) is 17.6 Å². The molecule has 0 radical (unpaired) electrons. The SMILES string of the molecule is CCC(CCO)CNc1cccc(Br)c1C#N. The molecule has 92 valence electrons. The van der Waals surface area contributed by atoms with Gasteiger partial charge in [0.1, 0.15) is 6.07 Å². The maximum Gasteiger partial charge on any atom is 0.103 e. The molecule has 3 nitrogen and oxygen atoms in total. The van der Waals surface area contributed by atoms with Crippen molar-refractivity contribution in [3.05, 3.63) is 28.2 Å². The van der Waals surface area contributed by atoms with Gasteiger partial charge in [-0.2, -0.15) is 5.26 Å². The van der Waals surface area contributed by atoms with Crippen molar-refractivity contribution in [1.82, 2.24) is 0 Å². The minimum Gasteiger partial charge on any atom is -0.396 e. The van der Waals surface area contributed by atoms with Crippen molar-refractivity contribution in [3.63, 3.8) is 0 Å². The molecule has 1 unspecified atom stereocenters. The zero-order valence-electron chi connectivity index (χ0n) is 9.91. The van der Waals surface area contributed by atoms with Gasteiger partial charge in [-0.15, -0.1) is 0 Å². The smallest absolute Gasteiger partial charge is 0.103 e. The summed E-state index contributed by atoms with van der Waals surface area (Å²) >= 11 is 3.36. The Hall–Kier alpha value is -1.05. The van der Waals surface area contributed by atoms with E-state index in [9.17, 15) is 0 Å². The maximum absolute atomic E-state index is 9.07. The summed E-state index contributed by atoms with van der Waals surface area (Å²) in [6, 6.07) is 7.84. The molecule has 4 heteroatoms. The summed E-state index contributed by atoms with van der Waals surface area (Å²) in [6.45, 7) is 3.10. The molecule has 17 heavy (non-hydrogen) atoms. The van der Waals surface area contributed by atoms with Gasteiger partial charge in [-0.3, -0.25) is 0 Å². The largest absolute Gasteiger partial charge is 0.396 e. The maximum atomic E-state index is 9.07. The number of nitriles is 1. The lowest BCUT2D eigenvalue weighted by atomic mass is 10.0. The van der Waals surface area contributed by atoms with Crippen LogP contribution in [0.1, 0.15) is 25.3 Å². The number of rotatable bonds is 6. The molecule has 0 heterocycles. The molecule has 2 N–H and O–H groups in total. The topological polar surface area (TPSA) is 56.0 Å². The van der Waals surface area contributed by atoms with Crippen molar-refractivity contribution in [2.75, 3.05) is 18.5 Å². The molecule has 1 aromatic rings. The average molecular weight is 297 g/mol. The summed E-state index contributed by atoms with van der Waals surface area (Å²) in [5.41, 5.74) is 1.48. The van der Waals surface area contributed by atoms with Crippen molar-refractivity contribution in [2.24, 2.45) is 5.92 Å². The normalized spacial score (nSPS) is 11.9. The highest BCUT2D eigenvalue weighted by atomic mass is 79.9. The summed E-state index contributed by atoms with van der Waals surface area (Å²) in [4.78, 5) is 0. The van der Waals surface area contributed by atoms with Crippen molar-refractivity contribution in [3.8, 4) is 6.07 Å². The third kappa shape index (κ3) is 4.03. The fourth-order valence-electron chi connectivity index (χ4n) is 1.67. The molecule has 0 aliphatic carbocycles. The first-order chi connectivity index (χ1) is 8.22. The molecule has 1 rings (SSSR count). The first-order valence-corrected chi connectivity index (χ1v) is 6.55. The van der Waals surface area contributed by atoms with E-state index < -0.39 is 0 Å². The Kier molecular flexibility index (Phi) is 6.03. The quantitative estimate of drug-likeness (QED) is 0.848. The van der Waals surface area contributed by atoms with Crippen LogP contribution in [0.25, 0.3) is 0 Å². The van der Waals surface area contributed by atoms with Gasteiger partial charge >= 0.3 is 0 Å². The number of nitrogens with zero attached hydrogens (tertiary/aromatic N) is 1. The number of nitrogens with one attached hydrogen (secondary N) is 1. The lowest BCUT2D eigenvalue weighted by Gasteiger charge is -2.16. The minimum atomic E-state index is 0.212. The van der Waals surface area contributed by atoms with Gasteiger partial charge in [0.15, 0.2) is 0 Å². The predicted molar refractivity (Wildman–Crippen MR) is 72.8 cm³/mol. The van der Waals surface area contributed by atoms with Gasteiger partial charge in [0.05, 0.1) is 11.3 Å². The van der Waals surface area contributed by atoms with Gasteiger partial charge in [-0.05, 0) is 40.4 Å². The van der Waals surface area contributed by atoms with Crippen molar-refractivity contribution in [1.29, 1.82) is 5.26 Å². The van der Waals surface area contributed by atoms with E-state index in [1.54, 1.807) is 0 Å². The molecule has 0 bridgehead atoms. The third-order valence-corrected chi connectivity index (χ3v) is 3.48. The highest BCUT2D eigenvalue weighted by molar-refractivity contribution is 9.10. The summed E-state index contributed by atoms with van der Waals surface area (Å²) in [5, 5.41) is 21.3. The second-order valence-electron chi connectivity index (χ2n) is 3.94. The molecule has 0 aliphatic rings. The van der Waals surface area contributed by atoms with Crippen LogP contribution in [0.3, 0.4) is 0 Å². The molecule has 0 amide bonds. The molecule has 0 spiro atoms. The zero-order chi connectivity index (χ0) is 12.7. The Bertz CT molecular complexity index is 401. The van der Waals surface area contributed by atoms with E-state index in [4.69, 9.17) is 10.4 Å². The minimum absolute atomic E-state index is 0.212. The molecule has 0 saturated carbocycles. The third-order valence-electron chi connectivity index (χ3n) is 2.82. The lowest BCUT2D eigenvalue weighted by Crippen LogP contribution is -2.15. The number of hydrogen-bond donors (Lipinski definition) is 2. The fraction of sp³-hybridized carbons (Fsp3) is 0.462. The number of halogens is 1. The van der Waals surface area contributed by atoms with Crippen LogP contribution < -0.4 is 5.32 Å². The molecule has 0 fully saturated rings. The van der Waals surface area contributed by atoms with Gasteiger partial charge < -0.3 is 10.4 Å².